The van der Waals surface area contributed by atoms with Crippen LogP contribution < -0.4 is 0 Å². The van der Waals surface area contributed by atoms with Crippen molar-refractivity contribution in [2.45, 2.75) is 40.5 Å². The highest BCUT2D eigenvalue weighted by molar-refractivity contribution is 4.63. The van der Waals surface area contributed by atoms with Gasteiger partial charge in [0, 0.05) is 0 Å². The van der Waals surface area contributed by atoms with Crippen LogP contribution in [-0.4, -0.2) is 0 Å². The summed E-state index contributed by atoms with van der Waals surface area (Å²) in [5.41, 5.74) is 0. The molecule has 1 radical (unpaired) electrons. The molecule has 0 heterocycles. The summed E-state index contributed by atoms with van der Waals surface area (Å²) < 4.78 is 0. The summed E-state index contributed by atoms with van der Waals surface area (Å²) in [5, 5.41) is 0. The minimum atomic E-state index is 0.861. The molecule has 0 amide bonds. The summed E-state index contributed by atoms with van der Waals surface area (Å²) in [6.45, 7) is 9.02. The molecule has 9 heavy (non-hydrogen) atoms. The van der Waals surface area contributed by atoms with E-state index in [1.165, 1.54) is 12.8 Å². The Kier molecular flexibility index (Phi) is 4.84. The van der Waals surface area contributed by atoms with Crippen LogP contribution in [0.2, 0.25) is 0 Å². The molecule has 0 aliphatic heterocycles. The lowest BCUT2D eigenvalue weighted by Crippen LogP contribution is -1.98. The molecular weight excluding hydrogens is 108 g/mol. The van der Waals surface area contributed by atoms with E-state index in [-0.39, 0.29) is 0 Å². The molecule has 0 aliphatic rings. The molecule has 0 bridgehead atoms. The first-order valence-electron chi connectivity index (χ1n) is 3.94. The molecule has 0 aromatic carbocycles. The highest BCUT2D eigenvalue weighted by atomic mass is 14.1. The Morgan fingerprint density at radius 2 is 1.78 bits per heavy atom. The summed E-state index contributed by atoms with van der Waals surface area (Å²) in [6.07, 6.45) is 4.90. The van der Waals surface area contributed by atoms with Crippen molar-refractivity contribution in [3.63, 3.8) is 0 Å². The van der Waals surface area contributed by atoms with Crippen LogP contribution >= 0.6 is 0 Å². The Morgan fingerprint density at radius 1 is 1.22 bits per heavy atom. The zero-order valence-electron chi connectivity index (χ0n) is 7.15. The van der Waals surface area contributed by atoms with E-state index >= 15 is 0 Å². The molecule has 55 valence electrons. The van der Waals surface area contributed by atoms with E-state index in [0.29, 0.717) is 0 Å². The van der Waals surface area contributed by atoms with Gasteiger partial charge in [0.15, 0.2) is 0 Å². The van der Waals surface area contributed by atoms with Crippen LogP contribution in [0.15, 0.2) is 0 Å². The Labute approximate surface area is 59.7 Å². The van der Waals surface area contributed by atoms with Crippen molar-refractivity contribution >= 4 is 0 Å². The maximum atomic E-state index is 2.32. The molecule has 0 aromatic rings. The van der Waals surface area contributed by atoms with Gasteiger partial charge in [-0.3, -0.25) is 0 Å². The van der Waals surface area contributed by atoms with Gasteiger partial charge in [0.25, 0.3) is 0 Å². The predicted octanol–water partition coefficient (Wildman–Crippen LogP) is 3.28. The van der Waals surface area contributed by atoms with Crippen molar-refractivity contribution in [2.24, 2.45) is 11.8 Å². The molecule has 1 atom stereocenters. The van der Waals surface area contributed by atoms with Gasteiger partial charge >= 0.3 is 0 Å². The maximum absolute atomic E-state index is 2.32. The number of hydrogen-bond acceptors (Lipinski definition) is 0. The molecule has 1 unspecified atom stereocenters. The molecule has 0 rings (SSSR count). The van der Waals surface area contributed by atoms with E-state index in [4.69, 9.17) is 0 Å². The molecule has 0 nitrogen and oxygen atoms in total. The van der Waals surface area contributed by atoms with Crippen LogP contribution in [0.4, 0.5) is 0 Å². The minimum absolute atomic E-state index is 0.861. The smallest absolute Gasteiger partial charge is 0.0414 e. The first-order chi connectivity index (χ1) is 4.16. The summed E-state index contributed by atoms with van der Waals surface area (Å²) in [6, 6.07) is 0. The Balaban J connectivity index is 3.15. The van der Waals surface area contributed by atoms with Crippen molar-refractivity contribution in [3.8, 4) is 0 Å². The molecule has 0 heteroatoms. The third-order valence-corrected chi connectivity index (χ3v) is 1.51. The van der Waals surface area contributed by atoms with Gasteiger partial charge in [-0.15, -0.1) is 0 Å². The van der Waals surface area contributed by atoms with Gasteiger partial charge in [-0.05, 0) is 31.1 Å². The number of rotatable bonds is 4. The summed E-state index contributed by atoms with van der Waals surface area (Å²) in [4.78, 5) is 0. The first-order valence-corrected chi connectivity index (χ1v) is 3.94. The monoisotopic (exact) mass is 127 g/mol. The van der Waals surface area contributed by atoms with E-state index in [9.17, 15) is 0 Å². The second-order valence-corrected chi connectivity index (χ2v) is 3.38. The fourth-order valence-electron chi connectivity index (χ4n) is 1.30. The quantitative estimate of drug-likeness (QED) is 0.543. The Hall–Kier alpha value is 0. The summed E-state index contributed by atoms with van der Waals surface area (Å²) in [7, 11) is 0. The third kappa shape index (κ3) is 5.88. The van der Waals surface area contributed by atoms with E-state index in [1.54, 1.807) is 0 Å². The van der Waals surface area contributed by atoms with Crippen LogP contribution in [0.25, 0.3) is 0 Å². The van der Waals surface area contributed by atoms with Crippen LogP contribution in [0.3, 0.4) is 0 Å². The van der Waals surface area contributed by atoms with Gasteiger partial charge < -0.3 is 0 Å². The molecule has 0 fully saturated rings. The lowest BCUT2D eigenvalue weighted by molar-refractivity contribution is 0.434. The Bertz CT molecular complexity index is 55.1. The Morgan fingerprint density at radius 3 is 2.11 bits per heavy atom. The second-order valence-electron chi connectivity index (χ2n) is 3.38. The van der Waals surface area contributed by atoms with Crippen LogP contribution in [0.5, 0.6) is 0 Å². The summed E-state index contributed by atoms with van der Waals surface area (Å²) >= 11 is 0. The van der Waals surface area contributed by atoms with Gasteiger partial charge in [0.05, 0.1) is 0 Å². The van der Waals surface area contributed by atoms with Crippen LogP contribution in [0, 0.1) is 18.3 Å². The van der Waals surface area contributed by atoms with Gasteiger partial charge in [0.1, 0.15) is 0 Å². The summed E-state index contributed by atoms with van der Waals surface area (Å²) in [5.74, 6) is 1.75. The fraction of sp³-hybridized carbons (Fsp3) is 0.889. The lowest BCUT2D eigenvalue weighted by Gasteiger charge is -2.11. The average Bonchev–Trinajstić information content (AvgIpc) is 1.63. The third-order valence-electron chi connectivity index (χ3n) is 1.51. The molecule has 0 spiro atoms. The predicted molar refractivity (Wildman–Crippen MR) is 43.2 cm³/mol. The minimum Gasteiger partial charge on any atom is -0.0628 e. The first kappa shape index (κ1) is 9.00. The van der Waals surface area contributed by atoms with Crippen molar-refractivity contribution < 1.29 is 0 Å². The SMILES string of the molecule is C[CH]CC(C)CC(C)C. The van der Waals surface area contributed by atoms with Crippen molar-refractivity contribution in [2.75, 3.05) is 0 Å². The zero-order valence-corrected chi connectivity index (χ0v) is 7.15. The second kappa shape index (κ2) is 4.84. The van der Waals surface area contributed by atoms with Crippen LogP contribution in [-0.2, 0) is 0 Å². The van der Waals surface area contributed by atoms with Gasteiger partial charge in [0.2, 0.25) is 0 Å². The lowest BCUT2D eigenvalue weighted by atomic mass is 9.95. The van der Waals surface area contributed by atoms with E-state index in [1.807, 2.05) is 0 Å². The molecule has 0 aliphatic carbocycles. The van der Waals surface area contributed by atoms with Gasteiger partial charge in [-0.1, -0.05) is 27.7 Å². The molecular formula is C9H19. The molecule has 0 N–H and O–H groups in total. The number of hydrogen-bond donors (Lipinski definition) is 0. The van der Waals surface area contributed by atoms with Crippen molar-refractivity contribution in [1.29, 1.82) is 0 Å². The molecule has 0 saturated carbocycles. The van der Waals surface area contributed by atoms with Crippen LogP contribution in [0.1, 0.15) is 40.5 Å². The van der Waals surface area contributed by atoms with Crippen molar-refractivity contribution in [1.82, 2.24) is 0 Å². The highest BCUT2D eigenvalue weighted by Gasteiger charge is 2.02. The average molecular weight is 127 g/mol. The largest absolute Gasteiger partial charge is 0.0628 e. The highest BCUT2D eigenvalue weighted by Crippen LogP contribution is 2.14. The topological polar surface area (TPSA) is 0 Å². The maximum Gasteiger partial charge on any atom is -0.0414 e. The van der Waals surface area contributed by atoms with E-state index in [2.05, 4.69) is 34.1 Å². The normalized spacial score (nSPS) is 14.3. The fourth-order valence-corrected chi connectivity index (χ4v) is 1.30. The van der Waals surface area contributed by atoms with E-state index < -0.39 is 0 Å². The van der Waals surface area contributed by atoms with Crippen molar-refractivity contribution in [3.05, 3.63) is 6.42 Å². The molecule has 0 saturated heterocycles. The standard InChI is InChI=1S/C9H19/c1-5-6-9(4)7-8(2)3/h5,8-9H,6-7H2,1-4H3. The molecule has 0 aromatic heterocycles. The van der Waals surface area contributed by atoms with Gasteiger partial charge in [-0.2, -0.15) is 0 Å². The zero-order chi connectivity index (χ0) is 7.28. The van der Waals surface area contributed by atoms with Gasteiger partial charge in [-0.25, -0.2) is 0 Å². The van der Waals surface area contributed by atoms with E-state index in [0.717, 1.165) is 11.8 Å².